The third-order valence-electron chi connectivity index (χ3n) is 4.45. The van der Waals surface area contributed by atoms with Crippen LogP contribution in [-0.2, 0) is 11.3 Å². The summed E-state index contributed by atoms with van der Waals surface area (Å²) in [6.07, 6.45) is 4.06. The number of hydrogen-bond donors (Lipinski definition) is 1. The van der Waals surface area contributed by atoms with E-state index in [1.807, 2.05) is 6.07 Å². The summed E-state index contributed by atoms with van der Waals surface area (Å²) in [5.41, 5.74) is 1.25. The number of rotatable bonds is 2. The Balaban J connectivity index is 1.80. The molecule has 3 heteroatoms. The van der Waals surface area contributed by atoms with E-state index in [1.165, 1.54) is 12.0 Å². The molecule has 2 aliphatic heterocycles. The standard InChI is InChI=1S/C16H22N2O/c19-16-8-4-7-14-11-17-10-9-15(14)18(16)12-13-5-2-1-3-6-13/h1-3,5-6,14-15,17H,4,7-12H2/t14-,15-/m1/s1. The quantitative estimate of drug-likeness (QED) is 0.882. The first kappa shape index (κ1) is 12.7. The fourth-order valence-electron chi connectivity index (χ4n) is 3.44. The van der Waals surface area contributed by atoms with E-state index in [0.29, 0.717) is 17.9 Å². The molecule has 3 nitrogen and oxygen atoms in total. The topological polar surface area (TPSA) is 32.3 Å². The van der Waals surface area contributed by atoms with Gasteiger partial charge in [-0.15, -0.1) is 0 Å². The minimum atomic E-state index is 0.346. The highest BCUT2D eigenvalue weighted by Crippen LogP contribution is 2.28. The Morgan fingerprint density at radius 1 is 1.21 bits per heavy atom. The number of piperidine rings is 1. The van der Waals surface area contributed by atoms with Crippen LogP contribution in [0, 0.1) is 5.92 Å². The SMILES string of the molecule is O=C1CCC[C@@H]2CNCC[C@H]2N1Cc1ccccc1. The zero-order chi connectivity index (χ0) is 13.1. The average molecular weight is 258 g/mol. The number of nitrogens with zero attached hydrogens (tertiary/aromatic N) is 1. The molecule has 0 aromatic heterocycles. The summed E-state index contributed by atoms with van der Waals surface area (Å²) in [4.78, 5) is 14.5. The van der Waals surface area contributed by atoms with Crippen molar-refractivity contribution in [3.63, 3.8) is 0 Å². The number of fused-ring (bicyclic) bond motifs is 1. The van der Waals surface area contributed by atoms with Gasteiger partial charge in [-0.25, -0.2) is 0 Å². The van der Waals surface area contributed by atoms with Crippen molar-refractivity contribution in [3.8, 4) is 0 Å². The molecule has 1 aromatic carbocycles. The third-order valence-corrected chi connectivity index (χ3v) is 4.45. The van der Waals surface area contributed by atoms with Crippen molar-refractivity contribution < 1.29 is 4.79 Å². The first-order valence-corrected chi connectivity index (χ1v) is 7.39. The molecule has 2 saturated heterocycles. The van der Waals surface area contributed by atoms with Crippen molar-refractivity contribution in [2.45, 2.75) is 38.3 Å². The van der Waals surface area contributed by atoms with Gasteiger partial charge >= 0.3 is 0 Å². The maximum atomic E-state index is 12.4. The first-order valence-electron chi connectivity index (χ1n) is 7.39. The molecular weight excluding hydrogens is 236 g/mol. The molecule has 2 heterocycles. The second-order valence-electron chi connectivity index (χ2n) is 5.72. The van der Waals surface area contributed by atoms with Gasteiger partial charge in [-0.05, 0) is 43.8 Å². The van der Waals surface area contributed by atoms with E-state index in [4.69, 9.17) is 0 Å². The summed E-state index contributed by atoms with van der Waals surface area (Å²) in [7, 11) is 0. The Kier molecular flexibility index (Phi) is 3.83. The molecule has 2 fully saturated rings. The summed E-state index contributed by atoms with van der Waals surface area (Å²) >= 11 is 0. The van der Waals surface area contributed by atoms with Crippen LogP contribution in [0.15, 0.2) is 30.3 Å². The van der Waals surface area contributed by atoms with Crippen molar-refractivity contribution in [2.24, 2.45) is 5.92 Å². The van der Waals surface area contributed by atoms with Crippen LogP contribution < -0.4 is 5.32 Å². The Morgan fingerprint density at radius 3 is 2.89 bits per heavy atom. The van der Waals surface area contributed by atoms with Crippen LogP contribution in [0.25, 0.3) is 0 Å². The fourth-order valence-corrected chi connectivity index (χ4v) is 3.44. The molecule has 19 heavy (non-hydrogen) atoms. The van der Waals surface area contributed by atoms with Crippen molar-refractivity contribution in [3.05, 3.63) is 35.9 Å². The molecule has 3 rings (SSSR count). The Morgan fingerprint density at radius 2 is 2.05 bits per heavy atom. The normalized spacial score (nSPS) is 27.8. The number of nitrogens with one attached hydrogen (secondary N) is 1. The molecule has 2 atom stereocenters. The van der Waals surface area contributed by atoms with Gasteiger partial charge in [-0.2, -0.15) is 0 Å². The van der Waals surface area contributed by atoms with E-state index in [2.05, 4.69) is 34.5 Å². The molecular formula is C16H22N2O. The molecule has 0 bridgehead atoms. The fraction of sp³-hybridized carbons (Fsp3) is 0.562. The van der Waals surface area contributed by atoms with Gasteiger partial charge < -0.3 is 10.2 Å². The highest BCUT2D eigenvalue weighted by Gasteiger charge is 2.34. The molecule has 0 saturated carbocycles. The molecule has 102 valence electrons. The van der Waals surface area contributed by atoms with Gasteiger partial charge in [0, 0.05) is 19.0 Å². The third kappa shape index (κ3) is 2.81. The van der Waals surface area contributed by atoms with Crippen LogP contribution in [0.3, 0.4) is 0 Å². The maximum absolute atomic E-state index is 12.4. The van der Waals surface area contributed by atoms with Crippen molar-refractivity contribution >= 4 is 5.91 Å². The lowest BCUT2D eigenvalue weighted by molar-refractivity contribution is -0.134. The molecule has 1 aromatic rings. The monoisotopic (exact) mass is 258 g/mol. The van der Waals surface area contributed by atoms with E-state index < -0.39 is 0 Å². The van der Waals surface area contributed by atoms with E-state index >= 15 is 0 Å². The summed E-state index contributed by atoms with van der Waals surface area (Å²) in [5.74, 6) is 0.988. The van der Waals surface area contributed by atoms with E-state index in [9.17, 15) is 4.79 Å². The van der Waals surface area contributed by atoms with Crippen LogP contribution in [0.5, 0.6) is 0 Å². The van der Waals surface area contributed by atoms with Gasteiger partial charge in [-0.1, -0.05) is 30.3 Å². The maximum Gasteiger partial charge on any atom is 0.223 e. The van der Waals surface area contributed by atoms with Crippen LogP contribution in [0.4, 0.5) is 0 Å². The van der Waals surface area contributed by atoms with Crippen LogP contribution in [0.1, 0.15) is 31.2 Å². The molecule has 1 N–H and O–H groups in total. The van der Waals surface area contributed by atoms with Crippen LogP contribution in [0.2, 0.25) is 0 Å². The smallest absolute Gasteiger partial charge is 0.223 e. The van der Waals surface area contributed by atoms with Gasteiger partial charge in [0.05, 0.1) is 0 Å². The summed E-state index contributed by atoms with van der Waals surface area (Å²) < 4.78 is 0. The zero-order valence-corrected chi connectivity index (χ0v) is 11.3. The first-order chi connectivity index (χ1) is 9.34. The largest absolute Gasteiger partial charge is 0.335 e. The van der Waals surface area contributed by atoms with Gasteiger partial charge in [0.15, 0.2) is 0 Å². The molecule has 0 radical (unpaired) electrons. The number of hydrogen-bond acceptors (Lipinski definition) is 2. The Bertz CT molecular complexity index is 432. The summed E-state index contributed by atoms with van der Waals surface area (Å²) in [5, 5.41) is 3.47. The van der Waals surface area contributed by atoms with Crippen molar-refractivity contribution in [2.75, 3.05) is 13.1 Å². The lowest BCUT2D eigenvalue weighted by atomic mass is 9.89. The molecule has 0 spiro atoms. The highest BCUT2D eigenvalue weighted by atomic mass is 16.2. The summed E-state index contributed by atoms with van der Waals surface area (Å²) in [6.45, 7) is 2.89. The minimum absolute atomic E-state index is 0.346. The van der Waals surface area contributed by atoms with E-state index in [0.717, 1.165) is 38.9 Å². The average Bonchev–Trinajstić information content (AvgIpc) is 2.61. The van der Waals surface area contributed by atoms with Gasteiger partial charge in [0.2, 0.25) is 5.91 Å². The van der Waals surface area contributed by atoms with E-state index in [1.54, 1.807) is 0 Å². The summed E-state index contributed by atoms with van der Waals surface area (Å²) in [6, 6.07) is 10.8. The highest BCUT2D eigenvalue weighted by molar-refractivity contribution is 5.76. The lowest BCUT2D eigenvalue weighted by Gasteiger charge is -2.38. The second-order valence-corrected chi connectivity index (χ2v) is 5.72. The molecule has 2 aliphatic rings. The van der Waals surface area contributed by atoms with Gasteiger partial charge in [-0.3, -0.25) is 4.79 Å². The predicted octanol–water partition coefficient (Wildman–Crippen LogP) is 2.18. The van der Waals surface area contributed by atoms with Gasteiger partial charge in [0.25, 0.3) is 0 Å². The Hall–Kier alpha value is -1.35. The van der Waals surface area contributed by atoms with Crippen LogP contribution >= 0.6 is 0 Å². The minimum Gasteiger partial charge on any atom is -0.335 e. The van der Waals surface area contributed by atoms with E-state index in [-0.39, 0.29) is 0 Å². The number of benzene rings is 1. The van der Waals surface area contributed by atoms with Crippen molar-refractivity contribution in [1.29, 1.82) is 0 Å². The number of carbonyl (C=O) groups excluding carboxylic acids is 1. The van der Waals surface area contributed by atoms with Crippen LogP contribution in [-0.4, -0.2) is 29.9 Å². The molecule has 0 aliphatic carbocycles. The predicted molar refractivity (Wildman–Crippen MR) is 75.6 cm³/mol. The Labute approximate surface area is 115 Å². The second kappa shape index (κ2) is 5.74. The number of amides is 1. The molecule has 0 unspecified atom stereocenters. The number of likely N-dealkylation sites (tertiary alicyclic amines) is 1. The molecule has 1 amide bonds. The van der Waals surface area contributed by atoms with Gasteiger partial charge in [0.1, 0.15) is 0 Å². The van der Waals surface area contributed by atoms with Crippen molar-refractivity contribution in [1.82, 2.24) is 10.2 Å². The zero-order valence-electron chi connectivity index (χ0n) is 11.3. The lowest BCUT2D eigenvalue weighted by Crippen LogP contribution is -2.50. The number of carbonyl (C=O) groups is 1.